The first-order valence-electron chi connectivity index (χ1n) is 5.41. The molecule has 1 aliphatic rings. The van der Waals surface area contributed by atoms with Gasteiger partial charge in [0.25, 0.3) is 0 Å². The van der Waals surface area contributed by atoms with E-state index in [1.54, 1.807) is 0 Å². The summed E-state index contributed by atoms with van der Waals surface area (Å²) < 4.78 is 12.8. The molecule has 0 amide bonds. The molecule has 0 spiro atoms. The molecule has 1 heterocycles. The van der Waals surface area contributed by atoms with Gasteiger partial charge < -0.3 is 10.2 Å². The van der Waals surface area contributed by atoms with Crippen molar-refractivity contribution in [1.29, 1.82) is 0 Å². The summed E-state index contributed by atoms with van der Waals surface area (Å²) in [6.45, 7) is 6.31. The highest BCUT2D eigenvalue weighted by molar-refractivity contribution is 5.47. The van der Waals surface area contributed by atoms with Crippen LogP contribution in [0.25, 0.3) is 0 Å². The van der Waals surface area contributed by atoms with Gasteiger partial charge in [-0.05, 0) is 38.1 Å². The molecule has 2 atom stereocenters. The van der Waals surface area contributed by atoms with E-state index in [4.69, 9.17) is 0 Å². The molecule has 15 heavy (non-hydrogen) atoms. The molecule has 2 rings (SSSR count). The molecule has 1 aromatic carbocycles. The molecular weight excluding hydrogens is 191 g/mol. The molecule has 0 aromatic heterocycles. The molecule has 0 unspecified atom stereocenters. The van der Waals surface area contributed by atoms with Gasteiger partial charge in [-0.25, -0.2) is 4.39 Å². The van der Waals surface area contributed by atoms with Crippen molar-refractivity contribution in [2.45, 2.75) is 25.9 Å². The largest absolute Gasteiger partial charge is 0.368 e. The summed E-state index contributed by atoms with van der Waals surface area (Å²) in [7, 11) is 0. The van der Waals surface area contributed by atoms with E-state index in [0.29, 0.717) is 12.1 Å². The van der Waals surface area contributed by atoms with Crippen molar-refractivity contribution >= 4 is 5.69 Å². The lowest BCUT2D eigenvalue weighted by atomic mass is 10.1. The van der Waals surface area contributed by atoms with Gasteiger partial charge >= 0.3 is 0 Å². The summed E-state index contributed by atoms with van der Waals surface area (Å²) in [5, 5.41) is 3.47. The number of nitrogens with zero attached hydrogens (tertiary/aromatic N) is 1. The van der Waals surface area contributed by atoms with Crippen LogP contribution in [0.2, 0.25) is 0 Å². The molecule has 1 fully saturated rings. The Kier molecular flexibility index (Phi) is 2.91. The number of hydrogen-bond acceptors (Lipinski definition) is 2. The van der Waals surface area contributed by atoms with Crippen molar-refractivity contribution in [1.82, 2.24) is 5.32 Å². The molecule has 1 N–H and O–H groups in total. The Morgan fingerprint density at radius 3 is 2.20 bits per heavy atom. The molecule has 1 saturated heterocycles. The Bertz CT molecular complexity index is 313. The summed E-state index contributed by atoms with van der Waals surface area (Å²) in [6.07, 6.45) is 0. The summed E-state index contributed by atoms with van der Waals surface area (Å²) in [4.78, 5) is 2.30. The quantitative estimate of drug-likeness (QED) is 0.759. The zero-order valence-corrected chi connectivity index (χ0v) is 9.20. The van der Waals surface area contributed by atoms with Gasteiger partial charge in [0.05, 0.1) is 0 Å². The summed E-state index contributed by atoms with van der Waals surface area (Å²) >= 11 is 0. The van der Waals surface area contributed by atoms with Crippen LogP contribution in [0.5, 0.6) is 0 Å². The van der Waals surface area contributed by atoms with Gasteiger partial charge in [-0.15, -0.1) is 0 Å². The van der Waals surface area contributed by atoms with Gasteiger partial charge in [0.1, 0.15) is 5.82 Å². The van der Waals surface area contributed by atoms with Gasteiger partial charge in [-0.2, -0.15) is 0 Å². The second kappa shape index (κ2) is 4.19. The summed E-state index contributed by atoms with van der Waals surface area (Å²) in [6, 6.07) is 7.71. The Balaban J connectivity index is 2.12. The van der Waals surface area contributed by atoms with Crippen molar-refractivity contribution < 1.29 is 4.39 Å². The van der Waals surface area contributed by atoms with Crippen molar-refractivity contribution in [3.05, 3.63) is 30.1 Å². The van der Waals surface area contributed by atoms with Gasteiger partial charge in [-0.1, -0.05) is 0 Å². The van der Waals surface area contributed by atoms with Crippen molar-refractivity contribution in [3.63, 3.8) is 0 Å². The first-order valence-corrected chi connectivity index (χ1v) is 5.41. The Labute approximate surface area is 90.1 Å². The zero-order chi connectivity index (χ0) is 10.8. The monoisotopic (exact) mass is 208 g/mol. The fraction of sp³-hybridized carbons (Fsp3) is 0.500. The molecule has 3 heteroatoms. The minimum Gasteiger partial charge on any atom is -0.368 e. The topological polar surface area (TPSA) is 15.3 Å². The van der Waals surface area contributed by atoms with Crippen LogP contribution < -0.4 is 10.2 Å². The van der Waals surface area contributed by atoms with Crippen LogP contribution >= 0.6 is 0 Å². The third-order valence-electron chi connectivity index (χ3n) is 2.75. The number of nitrogens with one attached hydrogen (secondary N) is 1. The number of halogens is 1. The van der Waals surface area contributed by atoms with Crippen LogP contribution in [-0.2, 0) is 0 Å². The first kappa shape index (κ1) is 10.4. The molecular formula is C12H17FN2. The molecule has 0 radical (unpaired) electrons. The van der Waals surface area contributed by atoms with E-state index in [0.717, 1.165) is 18.8 Å². The number of benzene rings is 1. The normalized spacial score (nSPS) is 26.7. The van der Waals surface area contributed by atoms with Crippen LogP contribution in [0.4, 0.5) is 10.1 Å². The molecule has 0 bridgehead atoms. The predicted molar refractivity (Wildman–Crippen MR) is 60.7 cm³/mol. The van der Waals surface area contributed by atoms with E-state index in [9.17, 15) is 4.39 Å². The number of rotatable bonds is 1. The van der Waals surface area contributed by atoms with E-state index in [2.05, 4.69) is 24.1 Å². The van der Waals surface area contributed by atoms with E-state index >= 15 is 0 Å². The molecule has 2 nitrogen and oxygen atoms in total. The van der Waals surface area contributed by atoms with Crippen molar-refractivity contribution in [3.8, 4) is 0 Å². The average Bonchev–Trinajstić information content (AvgIpc) is 2.17. The van der Waals surface area contributed by atoms with Gasteiger partial charge in [0.15, 0.2) is 0 Å². The van der Waals surface area contributed by atoms with E-state index in [1.165, 1.54) is 12.1 Å². The highest BCUT2D eigenvalue weighted by Crippen LogP contribution is 2.17. The third kappa shape index (κ3) is 2.48. The molecule has 0 saturated carbocycles. The van der Waals surface area contributed by atoms with Gasteiger partial charge in [0, 0.05) is 30.9 Å². The molecule has 82 valence electrons. The van der Waals surface area contributed by atoms with Gasteiger partial charge in [-0.3, -0.25) is 0 Å². The smallest absolute Gasteiger partial charge is 0.123 e. The highest BCUT2D eigenvalue weighted by Gasteiger charge is 2.20. The Morgan fingerprint density at radius 2 is 1.67 bits per heavy atom. The van der Waals surface area contributed by atoms with Crippen LogP contribution in [0.3, 0.4) is 0 Å². The van der Waals surface area contributed by atoms with E-state index < -0.39 is 0 Å². The third-order valence-corrected chi connectivity index (χ3v) is 2.75. The fourth-order valence-electron chi connectivity index (χ4n) is 2.19. The van der Waals surface area contributed by atoms with E-state index in [1.807, 2.05) is 12.1 Å². The number of anilines is 1. The first-order chi connectivity index (χ1) is 7.15. The highest BCUT2D eigenvalue weighted by atomic mass is 19.1. The SMILES string of the molecule is C[C@@H]1CN(c2ccc(F)cc2)C[C@H](C)N1. The summed E-state index contributed by atoms with van der Waals surface area (Å²) in [5.41, 5.74) is 1.11. The van der Waals surface area contributed by atoms with Gasteiger partial charge in [0.2, 0.25) is 0 Å². The number of hydrogen-bond donors (Lipinski definition) is 1. The van der Waals surface area contributed by atoms with Crippen molar-refractivity contribution in [2.24, 2.45) is 0 Å². The van der Waals surface area contributed by atoms with Crippen LogP contribution in [-0.4, -0.2) is 25.2 Å². The lowest BCUT2D eigenvalue weighted by molar-refractivity contribution is 0.407. The second-order valence-corrected chi connectivity index (χ2v) is 4.35. The Hall–Kier alpha value is -1.09. The lowest BCUT2D eigenvalue weighted by Crippen LogP contribution is -2.54. The maximum atomic E-state index is 12.8. The maximum Gasteiger partial charge on any atom is 0.123 e. The zero-order valence-electron chi connectivity index (χ0n) is 9.20. The minimum absolute atomic E-state index is 0.171. The Morgan fingerprint density at radius 1 is 1.13 bits per heavy atom. The predicted octanol–water partition coefficient (Wildman–Crippen LogP) is 2.01. The van der Waals surface area contributed by atoms with Crippen molar-refractivity contribution in [2.75, 3.05) is 18.0 Å². The minimum atomic E-state index is -0.171. The average molecular weight is 208 g/mol. The van der Waals surface area contributed by atoms with E-state index in [-0.39, 0.29) is 5.82 Å². The number of piperazine rings is 1. The molecule has 0 aliphatic carbocycles. The standard InChI is InChI=1S/C12H17FN2/c1-9-7-15(8-10(2)14-9)12-5-3-11(13)4-6-12/h3-6,9-10,14H,7-8H2,1-2H3/t9-,10+. The molecule has 1 aromatic rings. The maximum absolute atomic E-state index is 12.8. The summed E-state index contributed by atoms with van der Waals surface area (Å²) in [5.74, 6) is -0.171. The lowest BCUT2D eigenvalue weighted by Gasteiger charge is -2.37. The van der Waals surface area contributed by atoms with Crippen LogP contribution in [0.15, 0.2) is 24.3 Å². The molecule has 1 aliphatic heterocycles. The fourth-order valence-corrected chi connectivity index (χ4v) is 2.19. The van der Waals surface area contributed by atoms with Crippen LogP contribution in [0.1, 0.15) is 13.8 Å². The van der Waals surface area contributed by atoms with Crippen LogP contribution in [0, 0.1) is 5.82 Å². The second-order valence-electron chi connectivity index (χ2n) is 4.35.